The Balaban J connectivity index is 1.92. The van der Waals surface area contributed by atoms with Crippen molar-refractivity contribution in [3.8, 4) is 11.6 Å². The predicted octanol–water partition coefficient (Wildman–Crippen LogP) is -0.928. The van der Waals surface area contributed by atoms with Crippen LogP contribution in [0.1, 0.15) is 13.3 Å². The summed E-state index contributed by atoms with van der Waals surface area (Å²) in [6.45, 7) is 4.56. The lowest BCUT2D eigenvalue weighted by molar-refractivity contribution is -0.146. The zero-order valence-electron chi connectivity index (χ0n) is 13.9. The summed E-state index contributed by atoms with van der Waals surface area (Å²) < 4.78 is 7.56. The molecular formula is C14H20N10O. The summed E-state index contributed by atoms with van der Waals surface area (Å²) in [6.07, 6.45) is 8.61. The number of ether oxygens (including phenoxy) is 1. The van der Waals surface area contributed by atoms with Crippen LogP contribution in [0.25, 0.3) is 11.6 Å². The van der Waals surface area contributed by atoms with E-state index >= 15 is 0 Å². The molecule has 1 aliphatic heterocycles. The molecule has 132 valence electrons. The van der Waals surface area contributed by atoms with E-state index in [1.807, 2.05) is 24.3 Å². The number of nitrogens with one attached hydrogen (secondary N) is 1. The Labute approximate surface area is 143 Å². The van der Waals surface area contributed by atoms with Crippen LogP contribution < -0.4 is 5.73 Å². The highest BCUT2D eigenvalue weighted by molar-refractivity contribution is 5.42. The first-order chi connectivity index (χ1) is 12.2. The highest BCUT2D eigenvalue weighted by Gasteiger charge is 2.56. The molecule has 3 heterocycles. The molecule has 2 aromatic rings. The maximum absolute atomic E-state index is 6.91. The first-order valence-electron chi connectivity index (χ1n) is 8.20. The topological polar surface area (TPSA) is 137 Å². The number of morpholine rings is 1. The molecule has 0 bridgehead atoms. The number of H-pyrrole nitrogens is 1. The fourth-order valence-corrected chi connectivity index (χ4v) is 3.67. The molecule has 2 aliphatic rings. The summed E-state index contributed by atoms with van der Waals surface area (Å²) in [5.41, 5.74) is 5.35. The predicted molar refractivity (Wildman–Crippen MR) is 86.8 cm³/mol. The summed E-state index contributed by atoms with van der Waals surface area (Å²) in [5, 5.41) is 26.3. The van der Waals surface area contributed by atoms with E-state index in [4.69, 9.17) is 10.5 Å². The molecule has 1 saturated heterocycles. The second-order valence-corrected chi connectivity index (χ2v) is 6.13. The quantitative estimate of drug-likeness (QED) is 0.720. The summed E-state index contributed by atoms with van der Waals surface area (Å²) in [4.78, 5) is 2.25. The van der Waals surface area contributed by atoms with E-state index < -0.39 is 11.2 Å². The maximum atomic E-state index is 6.91. The molecule has 3 N–H and O–H groups in total. The third-order valence-electron chi connectivity index (χ3n) is 4.92. The van der Waals surface area contributed by atoms with Gasteiger partial charge in [0.1, 0.15) is 0 Å². The molecule has 1 aliphatic carbocycles. The van der Waals surface area contributed by atoms with Crippen LogP contribution in [0.3, 0.4) is 0 Å². The van der Waals surface area contributed by atoms with Gasteiger partial charge in [0.2, 0.25) is 11.6 Å². The molecule has 0 amide bonds. The summed E-state index contributed by atoms with van der Waals surface area (Å²) in [6, 6.07) is 0. The van der Waals surface area contributed by atoms with Crippen LogP contribution in [0.5, 0.6) is 0 Å². The van der Waals surface area contributed by atoms with Gasteiger partial charge in [-0.2, -0.15) is 9.90 Å². The minimum atomic E-state index is -0.805. The maximum Gasteiger partial charge on any atom is 0.243 e. The van der Waals surface area contributed by atoms with Gasteiger partial charge in [-0.15, -0.1) is 15.3 Å². The van der Waals surface area contributed by atoms with E-state index in [9.17, 15) is 0 Å². The van der Waals surface area contributed by atoms with Gasteiger partial charge in [-0.3, -0.25) is 4.90 Å². The number of tetrazole rings is 2. The molecule has 2 atom stereocenters. The molecule has 11 nitrogen and oxygen atoms in total. The molecule has 0 radical (unpaired) electrons. The number of nitrogens with zero attached hydrogens (tertiary/aromatic N) is 8. The zero-order chi connectivity index (χ0) is 17.3. The Kier molecular flexibility index (Phi) is 3.90. The van der Waals surface area contributed by atoms with Gasteiger partial charge in [0.15, 0.2) is 5.66 Å². The molecule has 11 heteroatoms. The third kappa shape index (κ3) is 2.31. The molecule has 2 unspecified atom stereocenters. The second kappa shape index (κ2) is 6.10. The molecule has 4 rings (SSSR count). The number of aromatic nitrogens is 8. The Morgan fingerprint density at radius 1 is 1.36 bits per heavy atom. The van der Waals surface area contributed by atoms with Gasteiger partial charge in [0, 0.05) is 6.54 Å². The molecule has 0 spiro atoms. The number of nitrogens with two attached hydrogens (primary N) is 1. The minimum absolute atomic E-state index is 0.310. The van der Waals surface area contributed by atoms with Crippen molar-refractivity contribution in [2.24, 2.45) is 5.73 Å². The number of allylic oxidation sites excluding steroid dienone is 2. The average molecular weight is 344 g/mol. The number of likely N-dealkylation sites (N-methyl/N-ethyl adjacent to an activating group) is 1. The van der Waals surface area contributed by atoms with Crippen molar-refractivity contribution in [3.05, 3.63) is 24.3 Å². The van der Waals surface area contributed by atoms with Crippen LogP contribution in [0, 0.1) is 0 Å². The summed E-state index contributed by atoms with van der Waals surface area (Å²) in [5.74, 6) is 0.704. The van der Waals surface area contributed by atoms with Gasteiger partial charge in [-0.1, -0.05) is 31.2 Å². The largest absolute Gasteiger partial charge is 0.376 e. The number of rotatable bonds is 4. The first-order valence-corrected chi connectivity index (χ1v) is 8.20. The van der Waals surface area contributed by atoms with Crippen LogP contribution in [0.4, 0.5) is 0 Å². The lowest BCUT2D eigenvalue weighted by atomic mass is 9.77. The minimum Gasteiger partial charge on any atom is -0.376 e. The van der Waals surface area contributed by atoms with Crippen molar-refractivity contribution in [2.45, 2.75) is 24.5 Å². The normalized spacial score (nSPS) is 30.0. The van der Waals surface area contributed by atoms with E-state index in [0.717, 1.165) is 13.1 Å². The van der Waals surface area contributed by atoms with Gasteiger partial charge in [-0.05, 0) is 28.6 Å². The van der Waals surface area contributed by atoms with E-state index in [1.165, 1.54) is 0 Å². The van der Waals surface area contributed by atoms with E-state index in [2.05, 4.69) is 48.0 Å². The van der Waals surface area contributed by atoms with Crippen LogP contribution in [0.2, 0.25) is 0 Å². The SMILES string of the molecule is CCN1CCOCC1(n1nnnc1-c1nn[nH]n1)C1(N)C=CC=CC1. The van der Waals surface area contributed by atoms with Crippen LogP contribution in [-0.2, 0) is 10.4 Å². The standard InChI is InChI=1S/C14H20N10O/c1-2-23-8-9-25-10-14(23,13(15)6-4-3-5-7-13)24-12(18-21-22-24)11-16-19-20-17-11/h3-6H,2,7-10,15H2,1H3,(H,16,17,19,20). The van der Waals surface area contributed by atoms with Crippen molar-refractivity contribution < 1.29 is 4.74 Å². The average Bonchev–Trinajstić information content (AvgIpc) is 3.33. The Hall–Kier alpha value is -2.50. The number of hydrogen-bond donors (Lipinski definition) is 2. The Morgan fingerprint density at radius 2 is 2.28 bits per heavy atom. The smallest absolute Gasteiger partial charge is 0.243 e. The lowest BCUT2D eigenvalue weighted by Crippen LogP contribution is -2.73. The highest BCUT2D eigenvalue weighted by atomic mass is 16.5. The lowest BCUT2D eigenvalue weighted by Gasteiger charge is -2.54. The van der Waals surface area contributed by atoms with Gasteiger partial charge >= 0.3 is 0 Å². The third-order valence-corrected chi connectivity index (χ3v) is 4.92. The molecular weight excluding hydrogens is 324 g/mol. The van der Waals surface area contributed by atoms with Gasteiger partial charge in [0.05, 0.1) is 18.8 Å². The second-order valence-electron chi connectivity index (χ2n) is 6.13. The molecule has 2 aromatic heterocycles. The fourth-order valence-electron chi connectivity index (χ4n) is 3.67. The van der Waals surface area contributed by atoms with E-state index in [1.54, 1.807) is 4.68 Å². The fraction of sp³-hybridized carbons (Fsp3) is 0.571. The van der Waals surface area contributed by atoms with Crippen LogP contribution >= 0.6 is 0 Å². The summed E-state index contributed by atoms with van der Waals surface area (Å²) >= 11 is 0. The Morgan fingerprint density at radius 3 is 3.00 bits per heavy atom. The van der Waals surface area contributed by atoms with Crippen LogP contribution in [0.15, 0.2) is 24.3 Å². The molecule has 25 heavy (non-hydrogen) atoms. The monoisotopic (exact) mass is 344 g/mol. The van der Waals surface area contributed by atoms with Crippen molar-refractivity contribution in [3.63, 3.8) is 0 Å². The van der Waals surface area contributed by atoms with Crippen molar-refractivity contribution in [1.29, 1.82) is 0 Å². The first kappa shape index (κ1) is 16.0. The Bertz CT molecular complexity index is 783. The number of hydrogen-bond acceptors (Lipinski definition) is 9. The highest BCUT2D eigenvalue weighted by Crippen LogP contribution is 2.40. The van der Waals surface area contributed by atoms with Crippen molar-refractivity contribution >= 4 is 0 Å². The van der Waals surface area contributed by atoms with Crippen molar-refractivity contribution in [2.75, 3.05) is 26.3 Å². The summed E-state index contributed by atoms with van der Waals surface area (Å²) in [7, 11) is 0. The van der Waals surface area contributed by atoms with Crippen LogP contribution in [-0.4, -0.2) is 77.6 Å². The van der Waals surface area contributed by atoms with E-state index in [-0.39, 0.29) is 0 Å². The van der Waals surface area contributed by atoms with Crippen molar-refractivity contribution in [1.82, 2.24) is 45.7 Å². The molecule has 0 aromatic carbocycles. The zero-order valence-corrected chi connectivity index (χ0v) is 13.9. The van der Waals surface area contributed by atoms with Gasteiger partial charge < -0.3 is 10.5 Å². The number of aromatic amines is 1. The van der Waals surface area contributed by atoms with Gasteiger partial charge in [0.25, 0.3) is 0 Å². The molecule has 1 fully saturated rings. The van der Waals surface area contributed by atoms with Gasteiger partial charge in [-0.25, -0.2) is 0 Å². The molecule has 0 saturated carbocycles. The van der Waals surface area contributed by atoms with E-state index in [0.29, 0.717) is 31.3 Å².